The molecule has 0 radical (unpaired) electrons. The van der Waals surface area contributed by atoms with E-state index in [0.717, 1.165) is 13.1 Å². The molecule has 1 heterocycles. The number of carbonyl (C=O) groups excluding carboxylic acids is 1. The zero-order valence-electron chi connectivity index (χ0n) is 9.95. The van der Waals surface area contributed by atoms with Gasteiger partial charge in [0, 0.05) is 33.2 Å². The van der Waals surface area contributed by atoms with Crippen molar-refractivity contribution in [1.29, 1.82) is 0 Å². The molecule has 0 aromatic rings. The molecule has 0 saturated carbocycles. The molecule has 0 spiro atoms. The van der Waals surface area contributed by atoms with Crippen molar-refractivity contribution in [2.24, 2.45) is 11.8 Å². The van der Waals surface area contributed by atoms with Crippen molar-refractivity contribution < 1.29 is 4.79 Å². The lowest BCUT2D eigenvalue weighted by molar-refractivity contribution is -0.133. The van der Waals surface area contributed by atoms with E-state index in [0.29, 0.717) is 12.0 Å². The molecule has 0 bridgehead atoms. The van der Waals surface area contributed by atoms with Gasteiger partial charge in [0.2, 0.25) is 5.91 Å². The molecule has 1 amide bonds. The van der Waals surface area contributed by atoms with Gasteiger partial charge in [0.25, 0.3) is 0 Å². The summed E-state index contributed by atoms with van der Waals surface area (Å²) in [5, 5.41) is 0. The van der Waals surface area contributed by atoms with Crippen molar-refractivity contribution in [2.75, 3.05) is 27.2 Å². The number of nitrogens with zero attached hydrogens (tertiary/aromatic N) is 2. The van der Waals surface area contributed by atoms with Crippen LogP contribution < -0.4 is 0 Å². The van der Waals surface area contributed by atoms with Gasteiger partial charge in [-0.3, -0.25) is 9.69 Å². The van der Waals surface area contributed by atoms with Crippen LogP contribution in [0.25, 0.3) is 0 Å². The zero-order valence-corrected chi connectivity index (χ0v) is 9.95. The van der Waals surface area contributed by atoms with Crippen LogP contribution in [0.4, 0.5) is 0 Å². The maximum atomic E-state index is 11.8. The van der Waals surface area contributed by atoms with Gasteiger partial charge in [0.05, 0.1) is 5.92 Å². The number of hydrogen-bond acceptors (Lipinski definition) is 2. The quantitative estimate of drug-likeness (QED) is 0.662. The van der Waals surface area contributed by atoms with Gasteiger partial charge in [0.1, 0.15) is 0 Å². The summed E-state index contributed by atoms with van der Waals surface area (Å²) in [6.07, 6.45) is 0. The summed E-state index contributed by atoms with van der Waals surface area (Å²) in [4.78, 5) is 15.9. The van der Waals surface area contributed by atoms with Crippen LogP contribution >= 0.6 is 0 Å². The fourth-order valence-corrected chi connectivity index (χ4v) is 2.08. The Hall–Kier alpha value is -0.570. The monoisotopic (exact) mass is 198 g/mol. The third-order valence-electron chi connectivity index (χ3n) is 3.13. The fourth-order valence-electron chi connectivity index (χ4n) is 2.08. The summed E-state index contributed by atoms with van der Waals surface area (Å²) in [6.45, 7) is 8.54. The largest absolute Gasteiger partial charge is 0.349 e. The van der Waals surface area contributed by atoms with Gasteiger partial charge < -0.3 is 4.90 Å². The first kappa shape index (κ1) is 11.5. The summed E-state index contributed by atoms with van der Waals surface area (Å²) < 4.78 is 0. The Bertz CT molecular complexity index is 213. The minimum atomic E-state index is 0.201. The van der Waals surface area contributed by atoms with Crippen LogP contribution in [-0.4, -0.2) is 48.9 Å². The third-order valence-corrected chi connectivity index (χ3v) is 3.13. The molecule has 1 fully saturated rings. The van der Waals surface area contributed by atoms with Crippen LogP contribution in [0, 0.1) is 11.8 Å². The maximum Gasteiger partial charge on any atom is 0.226 e. The van der Waals surface area contributed by atoms with Crippen LogP contribution in [0.2, 0.25) is 0 Å². The van der Waals surface area contributed by atoms with E-state index in [9.17, 15) is 4.79 Å². The molecule has 2 atom stereocenters. The van der Waals surface area contributed by atoms with Crippen molar-refractivity contribution in [3.63, 3.8) is 0 Å². The smallest absolute Gasteiger partial charge is 0.226 e. The van der Waals surface area contributed by atoms with Crippen LogP contribution in [0.15, 0.2) is 0 Å². The minimum Gasteiger partial charge on any atom is -0.349 e. The summed E-state index contributed by atoms with van der Waals surface area (Å²) in [7, 11) is 3.68. The summed E-state index contributed by atoms with van der Waals surface area (Å²) in [5.74, 6) is 0.973. The van der Waals surface area contributed by atoms with Crippen molar-refractivity contribution in [1.82, 2.24) is 9.80 Å². The topological polar surface area (TPSA) is 23.6 Å². The average Bonchev–Trinajstić information content (AvgIpc) is 2.46. The van der Waals surface area contributed by atoms with Crippen LogP contribution in [-0.2, 0) is 4.79 Å². The molecule has 0 aromatic carbocycles. The van der Waals surface area contributed by atoms with Crippen LogP contribution in [0.3, 0.4) is 0 Å². The van der Waals surface area contributed by atoms with E-state index >= 15 is 0 Å². The molecule has 82 valence electrons. The number of rotatable bonds is 2. The zero-order chi connectivity index (χ0) is 10.9. The second kappa shape index (κ2) is 4.30. The molecule has 1 saturated heterocycles. The predicted molar refractivity (Wildman–Crippen MR) is 58.1 cm³/mol. The van der Waals surface area contributed by atoms with Crippen molar-refractivity contribution >= 4 is 5.91 Å². The van der Waals surface area contributed by atoms with Gasteiger partial charge in [-0.15, -0.1) is 0 Å². The first-order valence-electron chi connectivity index (χ1n) is 5.38. The highest BCUT2D eigenvalue weighted by molar-refractivity contribution is 5.79. The highest BCUT2D eigenvalue weighted by atomic mass is 16.2. The number of likely N-dealkylation sites (tertiary alicyclic amines) is 1. The number of hydrogen-bond donors (Lipinski definition) is 0. The molecule has 0 aliphatic carbocycles. The Morgan fingerprint density at radius 2 is 1.93 bits per heavy atom. The predicted octanol–water partition coefficient (Wildman–Crippen LogP) is 1.05. The number of amides is 1. The van der Waals surface area contributed by atoms with Gasteiger partial charge in [-0.2, -0.15) is 0 Å². The molecular weight excluding hydrogens is 176 g/mol. The first-order chi connectivity index (χ1) is 6.43. The molecule has 3 heteroatoms. The molecule has 2 unspecified atom stereocenters. The van der Waals surface area contributed by atoms with E-state index in [1.165, 1.54) is 0 Å². The van der Waals surface area contributed by atoms with Gasteiger partial charge in [-0.1, -0.05) is 6.92 Å². The molecule has 14 heavy (non-hydrogen) atoms. The van der Waals surface area contributed by atoms with E-state index < -0.39 is 0 Å². The lowest BCUT2D eigenvalue weighted by Crippen LogP contribution is -2.34. The average molecular weight is 198 g/mol. The molecule has 1 rings (SSSR count). The SMILES string of the molecule is CC1CN(C(C)C)CC1C(=O)N(C)C. The molecule has 0 aromatic heterocycles. The lowest BCUT2D eigenvalue weighted by atomic mass is 9.97. The highest BCUT2D eigenvalue weighted by Crippen LogP contribution is 2.25. The molecule has 3 nitrogen and oxygen atoms in total. The van der Waals surface area contributed by atoms with Crippen molar-refractivity contribution in [3.05, 3.63) is 0 Å². The Kier molecular flexibility index (Phi) is 3.53. The van der Waals surface area contributed by atoms with Gasteiger partial charge in [0.15, 0.2) is 0 Å². The van der Waals surface area contributed by atoms with E-state index in [-0.39, 0.29) is 11.8 Å². The van der Waals surface area contributed by atoms with E-state index in [1.54, 1.807) is 4.90 Å². The normalized spacial score (nSPS) is 28.4. The lowest BCUT2D eigenvalue weighted by Gasteiger charge is -2.21. The first-order valence-corrected chi connectivity index (χ1v) is 5.38. The van der Waals surface area contributed by atoms with Crippen LogP contribution in [0.5, 0.6) is 0 Å². The summed E-state index contributed by atoms with van der Waals surface area (Å²) in [5.41, 5.74) is 0. The van der Waals surface area contributed by atoms with Crippen molar-refractivity contribution in [3.8, 4) is 0 Å². The van der Waals surface area contributed by atoms with Gasteiger partial charge in [-0.25, -0.2) is 0 Å². The third kappa shape index (κ3) is 2.27. The van der Waals surface area contributed by atoms with E-state index in [1.807, 2.05) is 14.1 Å². The Morgan fingerprint density at radius 1 is 1.36 bits per heavy atom. The molecular formula is C11H22N2O. The number of carbonyl (C=O) groups is 1. The molecule has 0 N–H and O–H groups in total. The second-order valence-electron chi connectivity index (χ2n) is 4.86. The van der Waals surface area contributed by atoms with E-state index in [2.05, 4.69) is 25.7 Å². The highest BCUT2D eigenvalue weighted by Gasteiger charge is 2.36. The van der Waals surface area contributed by atoms with Crippen LogP contribution in [0.1, 0.15) is 20.8 Å². The standard InChI is InChI=1S/C11H22N2O/c1-8(2)13-6-9(3)10(7-13)11(14)12(4)5/h8-10H,6-7H2,1-5H3. The maximum absolute atomic E-state index is 11.8. The fraction of sp³-hybridized carbons (Fsp3) is 0.909. The second-order valence-corrected chi connectivity index (χ2v) is 4.86. The minimum absolute atomic E-state index is 0.201. The Labute approximate surface area is 87.1 Å². The van der Waals surface area contributed by atoms with Gasteiger partial charge >= 0.3 is 0 Å². The van der Waals surface area contributed by atoms with Crippen molar-refractivity contribution in [2.45, 2.75) is 26.8 Å². The summed E-state index contributed by atoms with van der Waals surface area (Å²) in [6, 6.07) is 0.553. The van der Waals surface area contributed by atoms with E-state index in [4.69, 9.17) is 0 Å². The Balaban J connectivity index is 2.61. The van der Waals surface area contributed by atoms with Gasteiger partial charge in [-0.05, 0) is 19.8 Å². The molecule has 1 aliphatic rings. The summed E-state index contributed by atoms with van der Waals surface area (Å²) >= 11 is 0. The Morgan fingerprint density at radius 3 is 2.29 bits per heavy atom. The molecule has 1 aliphatic heterocycles.